The smallest absolute Gasteiger partial charge is 0.142 e. The molecule has 0 fully saturated rings. The molecular weight excluding hydrogens is 274 g/mol. The summed E-state index contributed by atoms with van der Waals surface area (Å²) in [5, 5.41) is 0. The monoisotopic (exact) mass is 292 g/mol. The first-order valence-corrected chi connectivity index (χ1v) is 6.57. The lowest BCUT2D eigenvalue weighted by Gasteiger charge is -2.25. The summed E-state index contributed by atoms with van der Waals surface area (Å²) < 4.78 is 32.2. The zero-order chi connectivity index (χ0) is 15.4. The molecule has 0 saturated carbocycles. The molecule has 0 aliphatic rings. The van der Waals surface area contributed by atoms with Crippen molar-refractivity contribution in [2.75, 3.05) is 25.6 Å². The highest BCUT2D eigenvalue weighted by atomic mass is 19.1. The molecule has 112 valence electrons. The fourth-order valence-electron chi connectivity index (χ4n) is 2.24. The molecule has 0 amide bonds. The van der Waals surface area contributed by atoms with Crippen LogP contribution >= 0.6 is 0 Å². The van der Waals surface area contributed by atoms with Crippen LogP contribution in [-0.2, 0) is 0 Å². The first-order chi connectivity index (χ1) is 10.0. The molecule has 0 bridgehead atoms. The molecule has 0 radical (unpaired) electrons. The predicted octanol–water partition coefficient (Wildman–Crippen LogP) is 3.11. The topological polar surface area (TPSA) is 38.5 Å². The third-order valence-electron chi connectivity index (χ3n) is 3.32. The minimum absolute atomic E-state index is 0.164. The van der Waals surface area contributed by atoms with Crippen LogP contribution in [-0.4, -0.2) is 20.7 Å². The number of halogens is 2. The number of hydrogen-bond acceptors (Lipinski definition) is 3. The van der Waals surface area contributed by atoms with Crippen molar-refractivity contribution in [3.8, 4) is 5.75 Å². The van der Waals surface area contributed by atoms with E-state index >= 15 is 0 Å². The zero-order valence-corrected chi connectivity index (χ0v) is 12.0. The minimum Gasteiger partial charge on any atom is -0.495 e. The molecule has 2 rings (SSSR count). The fraction of sp³-hybridized carbons (Fsp3) is 0.250. The van der Waals surface area contributed by atoms with Gasteiger partial charge in [-0.3, -0.25) is 0 Å². The average Bonchev–Trinajstić information content (AvgIpc) is 2.49. The highest BCUT2D eigenvalue weighted by Crippen LogP contribution is 2.28. The molecule has 0 aromatic heterocycles. The second kappa shape index (κ2) is 6.54. The normalized spacial score (nSPS) is 12.0. The highest BCUT2D eigenvalue weighted by molar-refractivity contribution is 5.58. The molecule has 1 atom stereocenters. The number of likely N-dealkylation sites (N-methyl/N-ethyl adjacent to an activating group) is 1. The van der Waals surface area contributed by atoms with Crippen molar-refractivity contribution in [3.05, 3.63) is 59.7 Å². The molecule has 0 spiro atoms. The van der Waals surface area contributed by atoms with E-state index in [1.54, 1.807) is 7.11 Å². The van der Waals surface area contributed by atoms with E-state index in [2.05, 4.69) is 0 Å². The van der Waals surface area contributed by atoms with Gasteiger partial charge >= 0.3 is 0 Å². The number of para-hydroxylation sites is 2. The highest BCUT2D eigenvalue weighted by Gasteiger charge is 2.16. The van der Waals surface area contributed by atoms with Crippen molar-refractivity contribution >= 4 is 5.69 Å². The van der Waals surface area contributed by atoms with Gasteiger partial charge in [-0.05, 0) is 30.3 Å². The molecule has 1 unspecified atom stereocenters. The lowest BCUT2D eigenvalue weighted by molar-refractivity contribution is 0.414. The lowest BCUT2D eigenvalue weighted by Crippen LogP contribution is -2.29. The van der Waals surface area contributed by atoms with Crippen molar-refractivity contribution in [3.63, 3.8) is 0 Å². The van der Waals surface area contributed by atoms with Crippen LogP contribution in [0.25, 0.3) is 0 Å². The van der Waals surface area contributed by atoms with E-state index in [9.17, 15) is 8.78 Å². The van der Waals surface area contributed by atoms with Gasteiger partial charge in [0.1, 0.15) is 17.4 Å². The maximum absolute atomic E-state index is 13.7. The SMILES string of the molecule is COc1ccccc1N(C)CC(N)c1cc(F)ccc1F. The van der Waals surface area contributed by atoms with Gasteiger partial charge in [-0.2, -0.15) is 0 Å². The molecule has 2 N–H and O–H groups in total. The zero-order valence-electron chi connectivity index (χ0n) is 12.0. The second-order valence-corrected chi connectivity index (χ2v) is 4.82. The number of rotatable bonds is 5. The average molecular weight is 292 g/mol. The Hall–Kier alpha value is -2.14. The van der Waals surface area contributed by atoms with E-state index in [-0.39, 0.29) is 5.56 Å². The standard InChI is InChI=1S/C16H18F2N2O/c1-20(15-5-3-4-6-16(15)21-2)10-14(19)12-9-11(17)7-8-13(12)18/h3-9,14H,10,19H2,1-2H3. The number of hydrogen-bond donors (Lipinski definition) is 1. The number of nitrogens with two attached hydrogens (primary N) is 1. The lowest BCUT2D eigenvalue weighted by atomic mass is 10.1. The largest absolute Gasteiger partial charge is 0.495 e. The Balaban J connectivity index is 2.18. The molecule has 3 nitrogen and oxygen atoms in total. The molecule has 21 heavy (non-hydrogen) atoms. The number of ether oxygens (including phenoxy) is 1. The van der Waals surface area contributed by atoms with E-state index in [1.807, 2.05) is 36.2 Å². The fourth-order valence-corrected chi connectivity index (χ4v) is 2.24. The van der Waals surface area contributed by atoms with Crippen molar-refractivity contribution in [1.29, 1.82) is 0 Å². The van der Waals surface area contributed by atoms with Gasteiger partial charge in [-0.1, -0.05) is 12.1 Å². The number of anilines is 1. The summed E-state index contributed by atoms with van der Waals surface area (Å²) in [5.41, 5.74) is 7.01. The molecule has 0 aliphatic carbocycles. The Bertz CT molecular complexity index is 619. The maximum atomic E-state index is 13.7. The summed E-state index contributed by atoms with van der Waals surface area (Å²) in [6, 6.07) is 10.1. The van der Waals surface area contributed by atoms with E-state index in [4.69, 9.17) is 10.5 Å². The Morgan fingerprint density at radius 3 is 2.62 bits per heavy atom. The van der Waals surface area contributed by atoms with Crippen molar-refractivity contribution < 1.29 is 13.5 Å². The van der Waals surface area contributed by atoms with Crippen LogP contribution in [0.3, 0.4) is 0 Å². The van der Waals surface area contributed by atoms with Crippen LogP contribution in [0.2, 0.25) is 0 Å². The quantitative estimate of drug-likeness (QED) is 0.920. The molecule has 2 aromatic carbocycles. The second-order valence-electron chi connectivity index (χ2n) is 4.82. The molecule has 0 saturated heterocycles. The van der Waals surface area contributed by atoms with Crippen LogP contribution < -0.4 is 15.4 Å². The number of benzene rings is 2. The van der Waals surface area contributed by atoms with Crippen molar-refractivity contribution in [2.45, 2.75) is 6.04 Å². The Morgan fingerprint density at radius 2 is 1.90 bits per heavy atom. The van der Waals surface area contributed by atoms with Gasteiger partial charge in [0.25, 0.3) is 0 Å². The number of methoxy groups -OCH3 is 1. The Kier molecular flexibility index (Phi) is 4.75. The molecular formula is C16H18F2N2O. The predicted molar refractivity (Wildman–Crippen MR) is 79.6 cm³/mol. The summed E-state index contributed by atoms with van der Waals surface area (Å²) in [7, 11) is 3.41. The van der Waals surface area contributed by atoms with Gasteiger partial charge in [-0.25, -0.2) is 8.78 Å². The van der Waals surface area contributed by atoms with Gasteiger partial charge in [0.05, 0.1) is 18.8 Å². The van der Waals surface area contributed by atoms with Gasteiger partial charge in [0, 0.05) is 19.2 Å². The van der Waals surface area contributed by atoms with Crippen molar-refractivity contribution in [1.82, 2.24) is 0 Å². The van der Waals surface area contributed by atoms with Gasteiger partial charge in [-0.15, -0.1) is 0 Å². The van der Waals surface area contributed by atoms with E-state index in [0.717, 1.165) is 23.9 Å². The van der Waals surface area contributed by atoms with Gasteiger partial charge in [0.15, 0.2) is 0 Å². The number of nitrogens with zero attached hydrogens (tertiary/aromatic N) is 1. The first-order valence-electron chi connectivity index (χ1n) is 6.57. The van der Waals surface area contributed by atoms with Crippen LogP contribution in [0.5, 0.6) is 5.75 Å². The summed E-state index contributed by atoms with van der Waals surface area (Å²) >= 11 is 0. The molecule has 5 heteroatoms. The van der Waals surface area contributed by atoms with Crippen LogP contribution in [0.1, 0.15) is 11.6 Å². The van der Waals surface area contributed by atoms with Gasteiger partial charge in [0.2, 0.25) is 0 Å². The van der Waals surface area contributed by atoms with E-state index in [0.29, 0.717) is 12.3 Å². The maximum Gasteiger partial charge on any atom is 0.142 e. The minimum atomic E-state index is -0.643. The summed E-state index contributed by atoms with van der Waals surface area (Å²) in [5.74, 6) is -0.300. The first kappa shape index (κ1) is 15.3. The summed E-state index contributed by atoms with van der Waals surface area (Å²) in [4.78, 5) is 1.86. The molecule has 0 aliphatic heterocycles. The van der Waals surface area contributed by atoms with Crippen LogP contribution in [0.4, 0.5) is 14.5 Å². The van der Waals surface area contributed by atoms with Crippen molar-refractivity contribution in [2.24, 2.45) is 5.73 Å². The van der Waals surface area contributed by atoms with Gasteiger partial charge < -0.3 is 15.4 Å². The Morgan fingerprint density at radius 1 is 1.19 bits per heavy atom. The summed E-state index contributed by atoms with van der Waals surface area (Å²) in [6.07, 6.45) is 0. The molecule has 2 aromatic rings. The van der Waals surface area contributed by atoms with E-state index < -0.39 is 17.7 Å². The van der Waals surface area contributed by atoms with Crippen LogP contribution in [0, 0.1) is 11.6 Å². The van der Waals surface area contributed by atoms with E-state index in [1.165, 1.54) is 0 Å². The Labute approximate surface area is 122 Å². The van der Waals surface area contributed by atoms with Crippen LogP contribution in [0.15, 0.2) is 42.5 Å². The molecule has 0 heterocycles. The summed E-state index contributed by atoms with van der Waals surface area (Å²) in [6.45, 7) is 0.334. The third kappa shape index (κ3) is 3.49. The third-order valence-corrected chi connectivity index (χ3v) is 3.32.